The van der Waals surface area contributed by atoms with Crippen molar-refractivity contribution in [3.63, 3.8) is 0 Å². The molecular formula is C24H31NO4. The molecule has 5 heteroatoms. The van der Waals surface area contributed by atoms with Gasteiger partial charge in [0, 0.05) is 0 Å². The molecule has 29 heavy (non-hydrogen) atoms. The second-order valence-electron chi connectivity index (χ2n) is 7.75. The number of ether oxygens (including phenoxy) is 2. The maximum absolute atomic E-state index is 12.0. The summed E-state index contributed by atoms with van der Waals surface area (Å²) in [6.07, 6.45) is 2.62. The average Bonchev–Trinajstić information content (AvgIpc) is 2.68. The first-order valence-corrected chi connectivity index (χ1v) is 10.3. The number of carbonyl (C=O) groups is 1. The normalized spacial score (nSPS) is 18.3. The molecule has 5 nitrogen and oxygen atoms in total. The highest BCUT2D eigenvalue weighted by Gasteiger charge is 2.35. The third-order valence-electron chi connectivity index (χ3n) is 5.52. The lowest BCUT2D eigenvalue weighted by Crippen LogP contribution is -2.46. The van der Waals surface area contributed by atoms with Gasteiger partial charge in [-0.3, -0.25) is 9.69 Å². The number of aliphatic carboxylic acids is 1. The minimum atomic E-state index is -0.752. The van der Waals surface area contributed by atoms with Crippen LogP contribution in [0.25, 0.3) is 0 Å². The van der Waals surface area contributed by atoms with E-state index in [9.17, 15) is 9.90 Å². The largest absolute Gasteiger partial charge is 0.493 e. The first-order chi connectivity index (χ1) is 13.9. The van der Waals surface area contributed by atoms with Gasteiger partial charge < -0.3 is 14.6 Å². The van der Waals surface area contributed by atoms with Gasteiger partial charge in [0.25, 0.3) is 0 Å². The van der Waals surface area contributed by atoms with Crippen LogP contribution in [0, 0.1) is 13.8 Å². The summed E-state index contributed by atoms with van der Waals surface area (Å²) >= 11 is 0. The van der Waals surface area contributed by atoms with Crippen LogP contribution >= 0.6 is 0 Å². The Labute approximate surface area is 173 Å². The molecule has 2 aromatic rings. The van der Waals surface area contributed by atoms with Gasteiger partial charge in [-0.05, 0) is 63.4 Å². The van der Waals surface area contributed by atoms with E-state index in [-0.39, 0.29) is 6.04 Å². The number of likely N-dealkylation sites (tertiary alicyclic amines) is 1. The quantitative estimate of drug-likeness (QED) is 0.731. The van der Waals surface area contributed by atoms with Crippen molar-refractivity contribution in [1.82, 2.24) is 4.90 Å². The van der Waals surface area contributed by atoms with Crippen LogP contribution in [0.2, 0.25) is 0 Å². The molecule has 2 atom stereocenters. The van der Waals surface area contributed by atoms with Crippen molar-refractivity contribution in [3.05, 3.63) is 58.7 Å². The number of hydrogen-bond acceptors (Lipinski definition) is 4. The highest BCUT2D eigenvalue weighted by Crippen LogP contribution is 2.38. The first kappa shape index (κ1) is 21.2. The molecule has 0 bridgehead atoms. The fourth-order valence-electron chi connectivity index (χ4n) is 4.40. The van der Waals surface area contributed by atoms with E-state index >= 15 is 0 Å². The first-order valence-electron chi connectivity index (χ1n) is 10.3. The number of benzene rings is 2. The minimum Gasteiger partial charge on any atom is -0.493 e. The number of aryl methyl sites for hydroxylation is 2. The molecule has 2 unspecified atom stereocenters. The Kier molecular flexibility index (Phi) is 6.80. The van der Waals surface area contributed by atoms with Gasteiger partial charge in [-0.2, -0.15) is 0 Å². The predicted molar refractivity (Wildman–Crippen MR) is 114 cm³/mol. The number of methoxy groups -OCH3 is 1. The van der Waals surface area contributed by atoms with Crippen LogP contribution < -0.4 is 9.47 Å². The summed E-state index contributed by atoms with van der Waals surface area (Å²) in [5, 5.41) is 9.90. The molecular weight excluding hydrogens is 366 g/mol. The van der Waals surface area contributed by atoms with Gasteiger partial charge in [-0.15, -0.1) is 0 Å². The van der Waals surface area contributed by atoms with E-state index in [0.29, 0.717) is 24.5 Å². The Morgan fingerprint density at radius 1 is 1.10 bits per heavy atom. The highest BCUT2D eigenvalue weighted by atomic mass is 16.5. The number of nitrogens with zero attached hydrogens (tertiary/aromatic N) is 1. The Morgan fingerprint density at radius 2 is 1.83 bits per heavy atom. The summed E-state index contributed by atoms with van der Waals surface area (Å²) in [5.74, 6) is 0.617. The molecule has 1 fully saturated rings. The number of piperidine rings is 1. The van der Waals surface area contributed by atoms with Crippen molar-refractivity contribution in [1.29, 1.82) is 0 Å². The van der Waals surface area contributed by atoms with Crippen LogP contribution in [0.15, 0.2) is 36.4 Å². The highest BCUT2D eigenvalue weighted by molar-refractivity contribution is 5.73. The molecule has 1 N–H and O–H groups in total. The van der Waals surface area contributed by atoms with E-state index in [1.165, 1.54) is 11.1 Å². The van der Waals surface area contributed by atoms with Crippen LogP contribution in [-0.2, 0) is 4.79 Å². The summed E-state index contributed by atoms with van der Waals surface area (Å²) in [7, 11) is 1.63. The number of carboxylic acid groups (broad SMARTS) is 1. The van der Waals surface area contributed by atoms with E-state index in [0.717, 1.165) is 30.5 Å². The topological polar surface area (TPSA) is 59.0 Å². The van der Waals surface area contributed by atoms with Gasteiger partial charge in [0.15, 0.2) is 11.5 Å². The lowest BCUT2D eigenvalue weighted by atomic mass is 9.90. The number of rotatable bonds is 7. The van der Waals surface area contributed by atoms with E-state index in [1.807, 2.05) is 25.1 Å². The fourth-order valence-corrected chi connectivity index (χ4v) is 4.40. The zero-order valence-electron chi connectivity index (χ0n) is 17.8. The summed E-state index contributed by atoms with van der Waals surface area (Å²) in [5.41, 5.74) is 4.48. The molecule has 1 saturated heterocycles. The average molecular weight is 398 g/mol. The van der Waals surface area contributed by atoms with Gasteiger partial charge in [0.1, 0.15) is 6.04 Å². The van der Waals surface area contributed by atoms with Crippen LogP contribution in [0.3, 0.4) is 0 Å². The summed E-state index contributed by atoms with van der Waals surface area (Å²) in [6, 6.07) is 11.8. The van der Waals surface area contributed by atoms with Crippen LogP contribution in [0.4, 0.5) is 0 Å². The van der Waals surface area contributed by atoms with Crippen molar-refractivity contribution < 1.29 is 19.4 Å². The Balaban J connectivity index is 2.15. The summed E-state index contributed by atoms with van der Waals surface area (Å²) < 4.78 is 11.3. The fraction of sp³-hybridized carbons (Fsp3) is 0.458. The predicted octanol–water partition coefficient (Wildman–Crippen LogP) is 4.74. The zero-order valence-corrected chi connectivity index (χ0v) is 17.8. The van der Waals surface area contributed by atoms with Crippen molar-refractivity contribution in [2.45, 2.75) is 52.1 Å². The van der Waals surface area contributed by atoms with Crippen molar-refractivity contribution in [3.8, 4) is 11.5 Å². The molecule has 2 aromatic carbocycles. The lowest BCUT2D eigenvalue weighted by molar-refractivity contribution is -0.145. The molecule has 1 aliphatic rings. The monoisotopic (exact) mass is 397 g/mol. The Hall–Kier alpha value is -2.53. The molecule has 0 aromatic heterocycles. The second-order valence-corrected chi connectivity index (χ2v) is 7.75. The second kappa shape index (κ2) is 9.31. The van der Waals surface area contributed by atoms with E-state index < -0.39 is 12.0 Å². The van der Waals surface area contributed by atoms with E-state index in [4.69, 9.17) is 9.47 Å². The smallest absolute Gasteiger partial charge is 0.320 e. The van der Waals surface area contributed by atoms with Gasteiger partial charge >= 0.3 is 5.97 Å². The third-order valence-corrected chi connectivity index (χ3v) is 5.52. The number of hydrogen-bond donors (Lipinski definition) is 1. The molecule has 0 saturated carbocycles. The SMILES string of the molecule is CCOc1cc(C(c2cc(C)cc(C)c2)N2CCCCC2C(=O)O)ccc1OC. The van der Waals surface area contributed by atoms with E-state index in [2.05, 4.69) is 36.9 Å². The third kappa shape index (κ3) is 4.73. The van der Waals surface area contributed by atoms with Crippen molar-refractivity contribution in [2.24, 2.45) is 0 Å². The molecule has 0 spiro atoms. The van der Waals surface area contributed by atoms with Crippen LogP contribution in [0.5, 0.6) is 11.5 Å². The van der Waals surface area contributed by atoms with Gasteiger partial charge in [-0.25, -0.2) is 0 Å². The van der Waals surface area contributed by atoms with Crippen LogP contribution in [-0.4, -0.2) is 42.3 Å². The Morgan fingerprint density at radius 3 is 2.45 bits per heavy atom. The van der Waals surface area contributed by atoms with Crippen molar-refractivity contribution >= 4 is 5.97 Å². The molecule has 156 valence electrons. The molecule has 3 rings (SSSR count). The van der Waals surface area contributed by atoms with E-state index in [1.54, 1.807) is 7.11 Å². The van der Waals surface area contributed by atoms with Crippen LogP contribution in [0.1, 0.15) is 54.5 Å². The summed E-state index contributed by atoms with van der Waals surface area (Å²) in [4.78, 5) is 14.2. The number of carboxylic acids is 1. The van der Waals surface area contributed by atoms with Crippen molar-refractivity contribution in [2.75, 3.05) is 20.3 Å². The standard InChI is InChI=1S/C24H31NO4/c1-5-29-22-15-18(9-10-21(22)28-4)23(19-13-16(2)12-17(3)14-19)25-11-7-6-8-20(25)24(26)27/h9-10,12-15,20,23H,5-8,11H2,1-4H3,(H,26,27). The molecule has 0 amide bonds. The zero-order chi connectivity index (χ0) is 21.0. The summed E-state index contributed by atoms with van der Waals surface area (Å²) in [6.45, 7) is 7.40. The van der Waals surface area contributed by atoms with Gasteiger partial charge in [0.2, 0.25) is 0 Å². The molecule has 1 heterocycles. The maximum Gasteiger partial charge on any atom is 0.320 e. The lowest BCUT2D eigenvalue weighted by Gasteiger charge is -2.40. The van der Waals surface area contributed by atoms with Gasteiger partial charge in [0.05, 0.1) is 19.8 Å². The Bertz CT molecular complexity index is 844. The minimum absolute atomic E-state index is 0.153. The molecule has 0 aliphatic carbocycles. The maximum atomic E-state index is 12.0. The molecule has 0 radical (unpaired) electrons. The molecule has 1 aliphatic heterocycles. The van der Waals surface area contributed by atoms with Gasteiger partial charge in [-0.1, -0.05) is 41.8 Å².